The standard InChI is InChI=1S/C8H7BrN2OS/c1-5-10-8(11-12-5)3-7-2-6(9)4-13-7/h2,4H,3H2,1H3. The fraction of sp³-hybridized carbons (Fsp3) is 0.250. The molecular weight excluding hydrogens is 252 g/mol. The average Bonchev–Trinajstić information content (AvgIpc) is 2.62. The van der Waals surface area contributed by atoms with Crippen molar-refractivity contribution in [3.8, 4) is 0 Å². The normalized spacial score (nSPS) is 10.6. The molecule has 0 aliphatic heterocycles. The number of nitrogens with zero attached hydrogens (tertiary/aromatic N) is 2. The number of hydrogen-bond donors (Lipinski definition) is 0. The molecule has 0 spiro atoms. The van der Waals surface area contributed by atoms with Gasteiger partial charge >= 0.3 is 0 Å². The van der Waals surface area contributed by atoms with E-state index in [4.69, 9.17) is 4.52 Å². The van der Waals surface area contributed by atoms with E-state index in [1.54, 1.807) is 18.3 Å². The molecule has 0 atom stereocenters. The third-order valence-corrected chi connectivity index (χ3v) is 3.22. The highest BCUT2D eigenvalue weighted by atomic mass is 79.9. The van der Waals surface area contributed by atoms with Crippen LogP contribution in [0.3, 0.4) is 0 Å². The third-order valence-electron chi connectivity index (χ3n) is 1.52. The van der Waals surface area contributed by atoms with Gasteiger partial charge in [-0.25, -0.2) is 0 Å². The minimum atomic E-state index is 0.616. The summed E-state index contributed by atoms with van der Waals surface area (Å²) in [7, 11) is 0. The van der Waals surface area contributed by atoms with Gasteiger partial charge in [-0.05, 0) is 22.0 Å². The number of aromatic nitrogens is 2. The van der Waals surface area contributed by atoms with E-state index in [2.05, 4.69) is 32.1 Å². The maximum absolute atomic E-state index is 4.88. The first-order chi connectivity index (χ1) is 6.24. The molecule has 68 valence electrons. The van der Waals surface area contributed by atoms with Crippen molar-refractivity contribution in [2.45, 2.75) is 13.3 Å². The molecule has 0 fully saturated rings. The Hall–Kier alpha value is -0.680. The van der Waals surface area contributed by atoms with E-state index < -0.39 is 0 Å². The van der Waals surface area contributed by atoms with Gasteiger partial charge in [0.2, 0.25) is 5.89 Å². The van der Waals surface area contributed by atoms with Gasteiger partial charge in [0, 0.05) is 28.1 Å². The van der Waals surface area contributed by atoms with Gasteiger partial charge in [0.1, 0.15) is 0 Å². The van der Waals surface area contributed by atoms with Gasteiger partial charge in [-0.2, -0.15) is 4.98 Å². The summed E-state index contributed by atoms with van der Waals surface area (Å²) in [5, 5.41) is 5.87. The number of rotatable bonds is 2. The van der Waals surface area contributed by atoms with E-state index in [1.807, 2.05) is 5.38 Å². The molecule has 0 radical (unpaired) electrons. The van der Waals surface area contributed by atoms with Crippen molar-refractivity contribution in [3.63, 3.8) is 0 Å². The topological polar surface area (TPSA) is 38.9 Å². The molecule has 2 rings (SSSR count). The second-order valence-electron chi connectivity index (χ2n) is 2.64. The lowest BCUT2D eigenvalue weighted by atomic mass is 10.3. The summed E-state index contributed by atoms with van der Waals surface area (Å²) in [6, 6.07) is 2.07. The Morgan fingerprint density at radius 2 is 2.46 bits per heavy atom. The number of aryl methyl sites for hydroxylation is 1. The first-order valence-corrected chi connectivity index (χ1v) is 5.43. The van der Waals surface area contributed by atoms with Crippen molar-refractivity contribution < 1.29 is 4.52 Å². The van der Waals surface area contributed by atoms with Gasteiger partial charge in [0.25, 0.3) is 0 Å². The Labute approximate surface area is 87.9 Å². The van der Waals surface area contributed by atoms with Crippen molar-refractivity contribution >= 4 is 27.3 Å². The molecule has 0 aromatic carbocycles. The number of halogens is 1. The first-order valence-electron chi connectivity index (χ1n) is 3.76. The van der Waals surface area contributed by atoms with Crippen LogP contribution in [0.1, 0.15) is 16.6 Å². The lowest BCUT2D eigenvalue weighted by molar-refractivity contribution is 0.388. The Morgan fingerprint density at radius 1 is 1.62 bits per heavy atom. The quantitative estimate of drug-likeness (QED) is 0.832. The van der Waals surface area contributed by atoms with Crippen molar-refractivity contribution in [1.29, 1.82) is 0 Å². The van der Waals surface area contributed by atoms with Gasteiger partial charge in [-0.15, -0.1) is 11.3 Å². The predicted molar refractivity (Wildman–Crippen MR) is 53.9 cm³/mol. The molecular formula is C8H7BrN2OS. The molecule has 2 aromatic heterocycles. The van der Waals surface area contributed by atoms with Crippen LogP contribution >= 0.6 is 27.3 Å². The highest BCUT2D eigenvalue weighted by molar-refractivity contribution is 9.10. The molecule has 0 amide bonds. The van der Waals surface area contributed by atoms with Crippen LogP contribution in [0.5, 0.6) is 0 Å². The largest absolute Gasteiger partial charge is 0.340 e. The summed E-state index contributed by atoms with van der Waals surface area (Å²) >= 11 is 5.08. The Balaban J connectivity index is 2.14. The van der Waals surface area contributed by atoms with Crippen LogP contribution in [0.2, 0.25) is 0 Å². The molecule has 0 saturated heterocycles. The lowest BCUT2D eigenvalue weighted by Crippen LogP contribution is -1.86. The van der Waals surface area contributed by atoms with Crippen LogP contribution in [-0.4, -0.2) is 10.1 Å². The second-order valence-corrected chi connectivity index (χ2v) is 4.55. The summed E-state index contributed by atoms with van der Waals surface area (Å²) in [5.74, 6) is 1.36. The van der Waals surface area contributed by atoms with Crippen LogP contribution in [0.4, 0.5) is 0 Å². The molecule has 0 saturated carbocycles. The lowest BCUT2D eigenvalue weighted by Gasteiger charge is -1.86. The fourth-order valence-corrected chi connectivity index (χ4v) is 2.46. The maximum Gasteiger partial charge on any atom is 0.223 e. The number of hydrogen-bond acceptors (Lipinski definition) is 4. The summed E-state index contributed by atoms with van der Waals surface area (Å²) in [4.78, 5) is 5.36. The van der Waals surface area contributed by atoms with Crippen molar-refractivity contribution in [2.24, 2.45) is 0 Å². The molecule has 0 N–H and O–H groups in total. The Bertz CT molecular complexity index is 371. The van der Waals surface area contributed by atoms with Gasteiger partial charge in [-0.1, -0.05) is 5.16 Å². The smallest absolute Gasteiger partial charge is 0.223 e. The summed E-state index contributed by atoms with van der Waals surface area (Å²) in [5.41, 5.74) is 0. The summed E-state index contributed by atoms with van der Waals surface area (Å²) in [6.45, 7) is 1.79. The van der Waals surface area contributed by atoms with Crippen LogP contribution in [0.15, 0.2) is 20.4 Å². The van der Waals surface area contributed by atoms with Gasteiger partial charge in [0.05, 0.1) is 0 Å². The molecule has 5 heteroatoms. The highest BCUT2D eigenvalue weighted by Gasteiger charge is 2.05. The third kappa shape index (κ3) is 2.16. The van der Waals surface area contributed by atoms with Crippen LogP contribution < -0.4 is 0 Å². The van der Waals surface area contributed by atoms with Gasteiger partial charge in [0.15, 0.2) is 5.82 Å². The zero-order chi connectivity index (χ0) is 9.26. The van der Waals surface area contributed by atoms with Crippen molar-refractivity contribution in [1.82, 2.24) is 10.1 Å². The summed E-state index contributed by atoms with van der Waals surface area (Å²) in [6.07, 6.45) is 0.744. The van der Waals surface area contributed by atoms with Gasteiger partial charge in [-0.3, -0.25) is 0 Å². The van der Waals surface area contributed by atoms with Crippen LogP contribution in [-0.2, 0) is 6.42 Å². The van der Waals surface area contributed by atoms with Crippen LogP contribution in [0, 0.1) is 6.92 Å². The minimum Gasteiger partial charge on any atom is -0.340 e. The van der Waals surface area contributed by atoms with E-state index >= 15 is 0 Å². The molecule has 13 heavy (non-hydrogen) atoms. The Morgan fingerprint density at radius 3 is 3.00 bits per heavy atom. The summed E-state index contributed by atoms with van der Waals surface area (Å²) < 4.78 is 5.98. The zero-order valence-corrected chi connectivity index (χ0v) is 9.35. The van der Waals surface area contributed by atoms with E-state index in [0.29, 0.717) is 5.89 Å². The fourth-order valence-electron chi connectivity index (χ4n) is 1.02. The van der Waals surface area contributed by atoms with Crippen molar-refractivity contribution in [2.75, 3.05) is 0 Å². The zero-order valence-electron chi connectivity index (χ0n) is 6.95. The minimum absolute atomic E-state index is 0.616. The molecule has 2 aromatic rings. The van der Waals surface area contributed by atoms with E-state index in [0.717, 1.165) is 16.7 Å². The monoisotopic (exact) mass is 258 g/mol. The van der Waals surface area contributed by atoms with Crippen molar-refractivity contribution in [3.05, 3.63) is 32.5 Å². The molecule has 2 heterocycles. The van der Waals surface area contributed by atoms with E-state index in [1.165, 1.54) is 4.88 Å². The van der Waals surface area contributed by atoms with Crippen LogP contribution in [0.25, 0.3) is 0 Å². The molecule has 0 aliphatic rings. The first kappa shape index (κ1) is 8.90. The highest BCUT2D eigenvalue weighted by Crippen LogP contribution is 2.21. The molecule has 0 aliphatic carbocycles. The SMILES string of the molecule is Cc1nc(Cc2cc(Br)cs2)no1. The Kier molecular flexibility index (Phi) is 2.46. The van der Waals surface area contributed by atoms with E-state index in [9.17, 15) is 0 Å². The van der Waals surface area contributed by atoms with Gasteiger partial charge < -0.3 is 4.52 Å². The molecule has 0 bridgehead atoms. The molecule has 3 nitrogen and oxygen atoms in total. The average molecular weight is 259 g/mol. The molecule has 0 unspecified atom stereocenters. The predicted octanol–water partition coefficient (Wildman–Crippen LogP) is 2.79. The number of thiophene rings is 1. The maximum atomic E-state index is 4.88. The second kappa shape index (κ2) is 3.59. The van der Waals surface area contributed by atoms with E-state index in [-0.39, 0.29) is 0 Å².